The molecule has 1 aliphatic rings. The van der Waals surface area contributed by atoms with Crippen molar-refractivity contribution < 1.29 is 23.5 Å². The highest BCUT2D eigenvalue weighted by Crippen LogP contribution is 2.21. The minimum Gasteiger partial charge on any atom is -0.484 e. The number of hydrogen-bond acceptors (Lipinski definition) is 6. The Labute approximate surface area is 201 Å². The third-order valence-electron chi connectivity index (χ3n) is 5.25. The Kier molecular flexibility index (Phi) is 7.54. The first-order valence-corrected chi connectivity index (χ1v) is 12.0. The Balaban J connectivity index is 1.31. The summed E-state index contributed by atoms with van der Waals surface area (Å²) in [6.07, 6.45) is 1.42. The van der Waals surface area contributed by atoms with Gasteiger partial charge in [0, 0.05) is 47.6 Å². The number of anilines is 2. The smallest absolute Gasteiger partial charge is 0.291 e. The van der Waals surface area contributed by atoms with E-state index in [0.717, 1.165) is 30.2 Å². The molecule has 8 nitrogen and oxygen atoms in total. The summed E-state index contributed by atoms with van der Waals surface area (Å²) in [5, 5.41) is 5.53. The fourth-order valence-electron chi connectivity index (χ4n) is 3.49. The first-order valence-electron chi connectivity index (χ1n) is 10.8. The minimum absolute atomic E-state index is 0.0173. The molecular formula is C25H25N3O5S. The average Bonchev–Trinajstić information content (AvgIpc) is 3.40. The molecule has 1 aliphatic heterocycles. The van der Waals surface area contributed by atoms with Gasteiger partial charge in [0.05, 0.1) is 6.26 Å². The summed E-state index contributed by atoms with van der Waals surface area (Å²) in [6.45, 7) is 3.16. The lowest BCUT2D eigenvalue weighted by Crippen LogP contribution is -2.37. The molecule has 0 atom stereocenters. The summed E-state index contributed by atoms with van der Waals surface area (Å²) in [5.41, 5.74) is 2.56. The third-order valence-corrected chi connectivity index (χ3v) is 6.20. The van der Waals surface area contributed by atoms with E-state index in [4.69, 9.17) is 9.15 Å². The van der Waals surface area contributed by atoms with Crippen LogP contribution in [0.5, 0.6) is 5.75 Å². The molecule has 3 aromatic rings. The van der Waals surface area contributed by atoms with Crippen molar-refractivity contribution in [2.75, 3.05) is 41.8 Å². The number of rotatable bonds is 7. The second-order valence-corrected chi connectivity index (χ2v) is 8.96. The van der Waals surface area contributed by atoms with Gasteiger partial charge in [-0.15, -0.1) is 0 Å². The van der Waals surface area contributed by atoms with E-state index in [-0.39, 0.29) is 30.1 Å². The maximum absolute atomic E-state index is 12.7. The Bertz CT molecular complexity index is 1170. The van der Waals surface area contributed by atoms with Crippen molar-refractivity contribution >= 4 is 40.9 Å². The van der Waals surface area contributed by atoms with Crippen LogP contribution < -0.4 is 15.4 Å². The van der Waals surface area contributed by atoms with Crippen molar-refractivity contribution in [1.29, 1.82) is 0 Å². The van der Waals surface area contributed by atoms with Crippen LogP contribution in [-0.2, 0) is 4.79 Å². The van der Waals surface area contributed by atoms with Crippen molar-refractivity contribution in [2.24, 2.45) is 0 Å². The number of aryl methyl sites for hydroxylation is 1. The van der Waals surface area contributed by atoms with Crippen molar-refractivity contribution in [3.8, 4) is 5.75 Å². The summed E-state index contributed by atoms with van der Waals surface area (Å²) >= 11 is 1.85. The molecule has 2 aromatic carbocycles. The van der Waals surface area contributed by atoms with Crippen LogP contribution in [0.3, 0.4) is 0 Å². The fraction of sp³-hybridized carbons (Fsp3) is 0.240. The zero-order valence-corrected chi connectivity index (χ0v) is 19.5. The summed E-state index contributed by atoms with van der Waals surface area (Å²) in [7, 11) is 0. The van der Waals surface area contributed by atoms with E-state index < -0.39 is 0 Å². The molecule has 9 heteroatoms. The summed E-state index contributed by atoms with van der Waals surface area (Å²) in [4.78, 5) is 39.1. The first kappa shape index (κ1) is 23.4. The van der Waals surface area contributed by atoms with Gasteiger partial charge in [-0.25, -0.2) is 0 Å². The number of furan rings is 1. The highest BCUT2D eigenvalue weighted by Gasteiger charge is 2.19. The molecule has 0 radical (unpaired) electrons. The molecule has 2 N–H and O–H groups in total. The number of ether oxygens (including phenoxy) is 1. The third kappa shape index (κ3) is 5.99. The van der Waals surface area contributed by atoms with E-state index in [0.29, 0.717) is 22.7 Å². The molecule has 2 heterocycles. The SMILES string of the molecule is Cc1cc(C(=O)N2CCSCC2)ccc1NC(=O)COc1cccc(NC(=O)c2ccco2)c1. The normalized spacial score (nSPS) is 13.3. The summed E-state index contributed by atoms with van der Waals surface area (Å²) in [6, 6.07) is 15.2. The van der Waals surface area contributed by atoms with E-state index >= 15 is 0 Å². The van der Waals surface area contributed by atoms with Gasteiger partial charge in [0.25, 0.3) is 17.7 Å². The number of benzene rings is 2. The average molecular weight is 480 g/mol. The highest BCUT2D eigenvalue weighted by atomic mass is 32.2. The second-order valence-electron chi connectivity index (χ2n) is 7.73. The molecule has 1 fully saturated rings. The Morgan fingerprint density at radius 1 is 1.03 bits per heavy atom. The summed E-state index contributed by atoms with van der Waals surface area (Å²) < 4.78 is 10.7. The van der Waals surface area contributed by atoms with Gasteiger partial charge in [-0.2, -0.15) is 11.8 Å². The number of carbonyl (C=O) groups is 3. The minimum atomic E-state index is -0.378. The molecule has 0 aliphatic carbocycles. The van der Waals surface area contributed by atoms with Gasteiger partial charge in [-0.3, -0.25) is 14.4 Å². The molecule has 176 valence electrons. The highest BCUT2D eigenvalue weighted by molar-refractivity contribution is 7.99. The topological polar surface area (TPSA) is 101 Å². The molecule has 0 bridgehead atoms. The Hall–Kier alpha value is -3.72. The largest absolute Gasteiger partial charge is 0.484 e. The molecule has 0 unspecified atom stereocenters. The predicted octanol–water partition coefficient (Wildman–Crippen LogP) is 4.05. The van der Waals surface area contributed by atoms with Crippen LogP contribution in [0, 0.1) is 6.92 Å². The van der Waals surface area contributed by atoms with Gasteiger partial charge in [0.2, 0.25) is 0 Å². The number of nitrogens with one attached hydrogen (secondary N) is 2. The fourth-order valence-corrected chi connectivity index (χ4v) is 4.39. The van der Waals surface area contributed by atoms with Crippen LogP contribution in [-0.4, -0.2) is 53.8 Å². The molecule has 34 heavy (non-hydrogen) atoms. The first-order chi connectivity index (χ1) is 16.5. The second kappa shape index (κ2) is 10.9. The zero-order valence-electron chi connectivity index (χ0n) is 18.7. The van der Waals surface area contributed by atoms with Crippen LogP contribution >= 0.6 is 11.8 Å². The van der Waals surface area contributed by atoms with Crippen molar-refractivity contribution in [2.45, 2.75) is 6.92 Å². The van der Waals surface area contributed by atoms with Gasteiger partial charge in [-0.05, 0) is 55.0 Å². The molecule has 1 aromatic heterocycles. The number of carbonyl (C=O) groups excluding carboxylic acids is 3. The van der Waals surface area contributed by atoms with E-state index in [9.17, 15) is 14.4 Å². The van der Waals surface area contributed by atoms with E-state index in [1.165, 1.54) is 6.26 Å². The Morgan fingerprint density at radius 3 is 2.59 bits per heavy atom. The van der Waals surface area contributed by atoms with Crippen LogP contribution in [0.15, 0.2) is 65.3 Å². The van der Waals surface area contributed by atoms with Crippen molar-refractivity contribution in [3.05, 3.63) is 77.7 Å². The van der Waals surface area contributed by atoms with Gasteiger partial charge in [-0.1, -0.05) is 6.07 Å². The lowest BCUT2D eigenvalue weighted by molar-refractivity contribution is -0.118. The lowest BCUT2D eigenvalue weighted by atomic mass is 10.1. The van der Waals surface area contributed by atoms with Gasteiger partial charge >= 0.3 is 0 Å². The molecule has 0 spiro atoms. The molecule has 1 saturated heterocycles. The van der Waals surface area contributed by atoms with Crippen molar-refractivity contribution in [3.63, 3.8) is 0 Å². The maximum atomic E-state index is 12.7. The summed E-state index contributed by atoms with van der Waals surface area (Å²) in [5.74, 6) is 1.85. The van der Waals surface area contributed by atoms with Gasteiger partial charge in [0.1, 0.15) is 5.75 Å². The maximum Gasteiger partial charge on any atom is 0.291 e. The number of hydrogen-bond donors (Lipinski definition) is 2. The number of thioether (sulfide) groups is 1. The Morgan fingerprint density at radius 2 is 1.85 bits per heavy atom. The monoisotopic (exact) mass is 479 g/mol. The molecule has 4 rings (SSSR count). The van der Waals surface area contributed by atoms with Crippen molar-refractivity contribution in [1.82, 2.24) is 4.90 Å². The van der Waals surface area contributed by atoms with Gasteiger partial charge < -0.3 is 24.7 Å². The quantitative estimate of drug-likeness (QED) is 0.530. The number of nitrogens with zero attached hydrogens (tertiary/aromatic N) is 1. The molecule has 3 amide bonds. The van der Waals surface area contributed by atoms with Crippen LogP contribution in [0.25, 0.3) is 0 Å². The zero-order chi connectivity index (χ0) is 23.9. The van der Waals surface area contributed by atoms with E-state index in [1.807, 2.05) is 23.6 Å². The lowest BCUT2D eigenvalue weighted by Gasteiger charge is -2.26. The van der Waals surface area contributed by atoms with Gasteiger partial charge in [0.15, 0.2) is 12.4 Å². The van der Waals surface area contributed by atoms with Crippen LogP contribution in [0.4, 0.5) is 11.4 Å². The molecular weight excluding hydrogens is 454 g/mol. The van der Waals surface area contributed by atoms with Crippen LogP contribution in [0.2, 0.25) is 0 Å². The van der Waals surface area contributed by atoms with E-state index in [1.54, 1.807) is 54.6 Å². The molecule has 0 saturated carbocycles. The standard InChI is InChI=1S/C25H25N3O5S/c1-17-14-18(25(31)28-9-12-34-13-10-28)7-8-21(17)27-23(29)16-33-20-5-2-4-19(15-20)26-24(30)22-6-3-11-32-22/h2-8,11,14-15H,9-10,12-13,16H2,1H3,(H,26,30)(H,27,29). The number of amides is 3. The predicted molar refractivity (Wildman–Crippen MR) is 132 cm³/mol. The van der Waals surface area contributed by atoms with E-state index in [2.05, 4.69) is 10.6 Å². The van der Waals surface area contributed by atoms with Crippen LogP contribution in [0.1, 0.15) is 26.5 Å².